The lowest BCUT2D eigenvalue weighted by Gasteiger charge is -2.11. The molecule has 0 unspecified atom stereocenters. The van der Waals surface area contributed by atoms with Gasteiger partial charge in [0.25, 0.3) is 5.69 Å². The Morgan fingerprint density at radius 3 is 2.26 bits per heavy atom. The van der Waals surface area contributed by atoms with Crippen LogP contribution in [0.3, 0.4) is 0 Å². The number of aromatic hydroxyl groups is 3. The molecule has 0 saturated carbocycles. The van der Waals surface area contributed by atoms with E-state index < -0.39 is 21.2 Å². The number of nitrogens with zero attached hydrogens (tertiary/aromatic N) is 4. The number of fused-ring (bicyclic) bond motifs is 2. The number of phenols is 3. The molecule has 0 heterocycles. The largest absolute Gasteiger partial charge is 0.508 e. The van der Waals surface area contributed by atoms with Crippen LogP contribution >= 0.6 is 0 Å². The molecule has 0 aliphatic heterocycles. The molecule has 0 aliphatic carbocycles. The molecule has 0 fully saturated rings. The molecule has 31 heavy (non-hydrogen) atoms. The number of phenolic OH excluding ortho intramolecular Hbond substituents is 3. The predicted octanol–water partition coefficient (Wildman–Crippen LogP) is 5.34. The van der Waals surface area contributed by atoms with Gasteiger partial charge in [-0.15, -0.1) is 10.2 Å². The molecular formula is C20H12N4O7. The highest BCUT2D eigenvalue weighted by molar-refractivity contribution is 6.16. The van der Waals surface area contributed by atoms with Gasteiger partial charge in [0, 0.05) is 22.2 Å². The highest BCUT2D eigenvalue weighted by atomic mass is 16.6. The number of hydrogen-bond acceptors (Lipinski definition) is 9. The molecule has 0 bridgehead atoms. The fourth-order valence-electron chi connectivity index (χ4n) is 3.27. The van der Waals surface area contributed by atoms with Crippen molar-refractivity contribution < 1.29 is 25.2 Å². The van der Waals surface area contributed by atoms with Gasteiger partial charge in [-0.2, -0.15) is 0 Å². The van der Waals surface area contributed by atoms with Crippen LogP contribution in [0.25, 0.3) is 21.5 Å². The lowest BCUT2D eigenvalue weighted by atomic mass is 9.99. The molecule has 0 saturated heterocycles. The van der Waals surface area contributed by atoms with Crippen LogP contribution < -0.4 is 0 Å². The Morgan fingerprint density at radius 2 is 1.55 bits per heavy atom. The zero-order valence-corrected chi connectivity index (χ0v) is 15.5. The molecule has 11 nitrogen and oxygen atoms in total. The van der Waals surface area contributed by atoms with E-state index in [2.05, 4.69) is 10.2 Å². The molecule has 0 aliphatic rings. The van der Waals surface area contributed by atoms with Gasteiger partial charge in [0.2, 0.25) is 0 Å². The van der Waals surface area contributed by atoms with Crippen LogP contribution in [0.1, 0.15) is 0 Å². The molecule has 0 spiro atoms. The van der Waals surface area contributed by atoms with Crippen molar-refractivity contribution >= 4 is 44.3 Å². The third-order valence-electron chi connectivity index (χ3n) is 4.67. The summed E-state index contributed by atoms with van der Waals surface area (Å²) < 4.78 is 0. The minimum atomic E-state index is -0.807. The van der Waals surface area contributed by atoms with E-state index in [9.17, 15) is 35.5 Å². The predicted molar refractivity (Wildman–Crippen MR) is 110 cm³/mol. The molecule has 0 aromatic heterocycles. The number of hydrogen-bond donors (Lipinski definition) is 3. The van der Waals surface area contributed by atoms with E-state index in [4.69, 9.17) is 0 Å². The first-order valence-electron chi connectivity index (χ1n) is 8.72. The Bertz CT molecular complexity index is 1430. The molecule has 0 radical (unpaired) electrons. The van der Waals surface area contributed by atoms with Gasteiger partial charge in [-0.1, -0.05) is 12.1 Å². The third-order valence-corrected chi connectivity index (χ3v) is 4.67. The molecule has 0 atom stereocenters. The Labute approximate surface area is 172 Å². The second kappa shape index (κ2) is 7.22. The number of rotatable bonds is 4. The summed E-state index contributed by atoms with van der Waals surface area (Å²) in [7, 11) is 0. The van der Waals surface area contributed by atoms with Crippen molar-refractivity contribution in [2.75, 3.05) is 0 Å². The van der Waals surface area contributed by atoms with Gasteiger partial charge in [-0.3, -0.25) is 20.2 Å². The topological polar surface area (TPSA) is 172 Å². The quantitative estimate of drug-likeness (QED) is 0.173. The van der Waals surface area contributed by atoms with Gasteiger partial charge in [-0.05, 0) is 30.3 Å². The van der Waals surface area contributed by atoms with Crippen molar-refractivity contribution in [1.82, 2.24) is 0 Å². The summed E-state index contributed by atoms with van der Waals surface area (Å²) in [5.41, 5.74) is -1.12. The van der Waals surface area contributed by atoms with Gasteiger partial charge >= 0.3 is 5.69 Å². The maximum atomic E-state index is 11.3. The van der Waals surface area contributed by atoms with Crippen molar-refractivity contribution in [3.8, 4) is 17.2 Å². The van der Waals surface area contributed by atoms with E-state index in [0.29, 0.717) is 10.8 Å². The zero-order valence-electron chi connectivity index (χ0n) is 15.5. The Morgan fingerprint density at radius 1 is 0.774 bits per heavy atom. The van der Waals surface area contributed by atoms with Crippen LogP contribution in [0.15, 0.2) is 64.8 Å². The lowest BCUT2D eigenvalue weighted by Crippen LogP contribution is -1.92. The van der Waals surface area contributed by atoms with Crippen molar-refractivity contribution in [3.63, 3.8) is 0 Å². The van der Waals surface area contributed by atoms with E-state index in [1.54, 1.807) is 6.07 Å². The van der Waals surface area contributed by atoms with Crippen LogP contribution in [-0.4, -0.2) is 25.2 Å². The lowest BCUT2D eigenvalue weighted by molar-refractivity contribution is -0.393. The average molecular weight is 420 g/mol. The molecule has 11 heteroatoms. The first-order valence-corrected chi connectivity index (χ1v) is 8.72. The van der Waals surface area contributed by atoms with E-state index in [1.807, 2.05) is 0 Å². The number of nitro benzene ring substituents is 2. The molecular weight excluding hydrogens is 408 g/mol. The summed E-state index contributed by atoms with van der Waals surface area (Å²) in [6.45, 7) is 0. The van der Waals surface area contributed by atoms with Gasteiger partial charge < -0.3 is 15.3 Å². The standard InChI is InChI=1S/C20H12N4O7/c25-11-5-6-12-14(9-11)20(27)18-13(2-1-3-17(18)26)19(12)22-21-15-7-4-10(23(28)29)8-16(15)24(30)31/h1-9,25-27H. The van der Waals surface area contributed by atoms with Crippen LogP contribution in [0.4, 0.5) is 22.7 Å². The van der Waals surface area contributed by atoms with E-state index in [1.165, 1.54) is 30.3 Å². The summed E-state index contributed by atoms with van der Waals surface area (Å²) in [5, 5.41) is 61.9. The van der Waals surface area contributed by atoms with Gasteiger partial charge in [0.15, 0.2) is 5.69 Å². The third kappa shape index (κ3) is 3.29. The van der Waals surface area contributed by atoms with Gasteiger partial charge in [0.1, 0.15) is 22.9 Å². The average Bonchev–Trinajstić information content (AvgIpc) is 2.73. The smallest absolute Gasteiger partial charge is 0.303 e. The zero-order chi connectivity index (χ0) is 22.3. The molecule has 4 aromatic carbocycles. The minimum Gasteiger partial charge on any atom is -0.508 e. The Kier molecular flexibility index (Phi) is 4.55. The number of azo groups is 1. The van der Waals surface area contributed by atoms with Crippen molar-refractivity contribution in [1.29, 1.82) is 0 Å². The Hall–Kier alpha value is -4.80. The maximum absolute atomic E-state index is 11.3. The molecule has 4 aromatic rings. The van der Waals surface area contributed by atoms with Gasteiger partial charge in [0.05, 0.1) is 21.3 Å². The number of benzene rings is 4. The first kappa shape index (κ1) is 19.5. The van der Waals surface area contributed by atoms with E-state index >= 15 is 0 Å². The summed E-state index contributed by atoms with van der Waals surface area (Å²) in [6.07, 6.45) is 0. The van der Waals surface area contributed by atoms with Crippen molar-refractivity contribution in [2.24, 2.45) is 10.2 Å². The molecule has 4 rings (SSSR count). The van der Waals surface area contributed by atoms with Crippen LogP contribution in [0.2, 0.25) is 0 Å². The molecule has 0 amide bonds. The van der Waals surface area contributed by atoms with Crippen molar-refractivity contribution in [2.45, 2.75) is 0 Å². The van der Waals surface area contributed by atoms with Crippen molar-refractivity contribution in [3.05, 3.63) is 74.8 Å². The minimum absolute atomic E-state index is 0.0627. The fourth-order valence-corrected chi connectivity index (χ4v) is 3.27. The number of nitro groups is 2. The summed E-state index contributed by atoms with van der Waals surface area (Å²) in [6, 6.07) is 11.5. The monoisotopic (exact) mass is 420 g/mol. The van der Waals surface area contributed by atoms with Crippen LogP contribution in [0, 0.1) is 20.2 Å². The molecule has 3 N–H and O–H groups in total. The summed E-state index contributed by atoms with van der Waals surface area (Å²) >= 11 is 0. The number of non-ortho nitro benzene ring substituents is 1. The second-order valence-corrected chi connectivity index (χ2v) is 6.51. The summed E-state index contributed by atoms with van der Waals surface area (Å²) in [5.74, 6) is -0.649. The summed E-state index contributed by atoms with van der Waals surface area (Å²) in [4.78, 5) is 20.7. The Balaban J connectivity index is 2.00. The second-order valence-electron chi connectivity index (χ2n) is 6.51. The molecule has 154 valence electrons. The van der Waals surface area contributed by atoms with E-state index in [0.717, 1.165) is 18.2 Å². The highest BCUT2D eigenvalue weighted by Gasteiger charge is 2.21. The van der Waals surface area contributed by atoms with E-state index in [-0.39, 0.29) is 39.4 Å². The maximum Gasteiger partial charge on any atom is 0.303 e. The van der Waals surface area contributed by atoms with Crippen LogP contribution in [0.5, 0.6) is 17.2 Å². The highest BCUT2D eigenvalue weighted by Crippen LogP contribution is 2.47. The van der Waals surface area contributed by atoms with Gasteiger partial charge in [-0.25, -0.2) is 0 Å². The normalized spacial score (nSPS) is 11.4. The fraction of sp³-hybridized carbons (Fsp3) is 0. The SMILES string of the molecule is O=[N+]([O-])c1ccc(N=Nc2c3ccc(O)cc3c(O)c3c(O)cccc23)c([N+](=O)[O-])c1. The first-order chi connectivity index (χ1) is 14.8. The van der Waals surface area contributed by atoms with Crippen LogP contribution in [-0.2, 0) is 0 Å².